The van der Waals surface area contributed by atoms with Gasteiger partial charge in [-0.2, -0.15) is 0 Å². The van der Waals surface area contributed by atoms with Gasteiger partial charge in [-0.15, -0.1) is 11.6 Å². The molecule has 0 aromatic carbocycles. The lowest BCUT2D eigenvalue weighted by atomic mass is 9.98. The van der Waals surface area contributed by atoms with Crippen LogP contribution in [-0.2, 0) is 4.79 Å². The summed E-state index contributed by atoms with van der Waals surface area (Å²) in [5, 5.41) is 3.09. The highest BCUT2D eigenvalue weighted by atomic mass is 35.5. The minimum Gasteiger partial charge on any atom is -0.353 e. The van der Waals surface area contributed by atoms with Crippen LogP contribution >= 0.6 is 11.6 Å². The maximum Gasteiger partial charge on any atom is 0.221 e. The van der Waals surface area contributed by atoms with Crippen LogP contribution in [0.1, 0.15) is 32.1 Å². The summed E-state index contributed by atoms with van der Waals surface area (Å²) in [6.45, 7) is 0. The van der Waals surface area contributed by atoms with Gasteiger partial charge in [-0.3, -0.25) is 4.79 Å². The average molecular weight is 231 g/mol. The van der Waals surface area contributed by atoms with Crippen LogP contribution in [-0.4, -0.2) is 41.9 Å². The van der Waals surface area contributed by atoms with Crippen LogP contribution in [0.2, 0.25) is 0 Å². The minimum absolute atomic E-state index is 0.110. The quantitative estimate of drug-likeness (QED) is 0.743. The fraction of sp³-hybridized carbons (Fsp3) is 0.909. The molecule has 4 heteroatoms. The smallest absolute Gasteiger partial charge is 0.221 e. The van der Waals surface area contributed by atoms with Crippen LogP contribution < -0.4 is 5.32 Å². The summed E-state index contributed by atoms with van der Waals surface area (Å²) in [7, 11) is 2.21. The van der Waals surface area contributed by atoms with Gasteiger partial charge in [-0.05, 0) is 32.7 Å². The van der Waals surface area contributed by atoms with Gasteiger partial charge in [0.15, 0.2) is 0 Å². The zero-order chi connectivity index (χ0) is 10.8. The molecule has 1 amide bonds. The molecule has 0 aromatic heterocycles. The van der Waals surface area contributed by atoms with E-state index in [9.17, 15) is 4.79 Å². The maximum atomic E-state index is 11.4. The SMILES string of the molecule is CN1C2CCC1CC(NC(=O)CCCl)C2. The molecule has 2 bridgehead atoms. The number of rotatable bonds is 3. The molecule has 2 fully saturated rings. The number of piperidine rings is 1. The average Bonchev–Trinajstić information content (AvgIpc) is 2.43. The van der Waals surface area contributed by atoms with Gasteiger partial charge in [-0.1, -0.05) is 0 Å². The van der Waals surface area contributed by atoms with Crippen LogP contribution in [0.5, 0.6) is 0 Å². The third-order valence-electron chi connectivity index (χ3n) is 3.78. The van der Waals surface area contributed by atoms with Crippen molar-refractivity contribution in [2.75, 3.05) is 12.9 Å². The first-order valence-electron chi connectivity index (χ1n) is 5.78. The van der Waals surface area contributed by atoms with E-state index in [2.05, 4.69) is 17.3 Å². The number of carbonyl (C=O) groups is 1. The molecule has 2 heterocycles. The highest BCUT2D eigenvalue weighted by molar-refractivity contribution is 6.18. The molecule has 2 atom stereocenters. The summed E-state index contributed by atoms with van der Waals surface area (Å²) < 4.78 is 0. The van der Waals surface area contributed by atoms with Gasteiger partial charge in [0, 0.05) is 30.4 Å². The highest BCUT2D eigenvalue weighted by Crippen LogP contribution is 2.34. The van der Waals surface area contributed by atoms with Crippen molar-refractivity contribution in [1.29, 1.82) is 0 Å². The van der Waals surface area contributed by atoms with Crippen LogP contribution in [0, 0.1) is 0 Å². The fourth-order valence-corrected chi connectivity index (χ4v) is 3.09. The second kappa shape index (κ2) is 4.71. The third-order valence-corrected chi connectivity index (χ3v) is 3.97. The van der Waals surface area contributed by atoms with Crippen molar-refractivity contribution >= 4 is 17.5 Å². The minimum atomic E-state index is 0.110. The fourth-order valence-electron chi connectivity index (χ4n) is 2.92. The van der Waals surface area contributed by atoms with Gasteiger partial charge in [0.1, 0.15) is 0 Å². The topological polar surface area (TPSA) is 32.3 Å². The number of carbonyl (C=O) groups excluding carboxylic acids is 1. The van der Waals surface area contributed by atoms with Gasteiger partial charge >= 0.3 is 0 Å². The van der Waals surface area contributed by atoms with E-state index in [0.29, 0.717) is 30.4 Å². The second-order valence-corrected chi connectivity index (χ2v) is 5.10. The van der Waals surface area contributed by atoms with E-state index in [0.717, 1.165) is 12.8 Å². The molecule has 0 aromatic rings. The number of nitrogens with one attached hydrogen (secondary N) is 1. The molecule has 15 heavy (non-hydrogen) atoms. The van der Waals surface area contributed by atoms with E-state index in [1.165, 1.54) is 12.8 Å². The number of hydrogen-bond acceptors (Lipinski definition) is 2. The Morgan fingerprint density at radius 3 is 2.53 bits per heavy atom. The Hall–Kier alpha value is -0.280. The maximum absolute atomic E-state index is 11.4. The Morgan fingerprint density at radius 2 is 2.00 bits per heavy atom. The standard InChI is InChI=1S/C11H19ClN2O/c1-14-9-2-3-10(14)7-8(6-9)13-11(15)4-5-12/h8-10H,2-7H2,1H3,(H,13,15). The van der Waals surface area contributed by atoms with Gasteiger partial charge in [0.05, 0.1) is 0 Å². The van der Waals surface area contributed by atoms with E-state index in [1.807, 2.05) is 0 Å². The summed E-state index contributed by atoms with van der Waals surface area (Å²) in [6, 6.07) is 1.75. The van der Waals surface area contributed by atoms with E-state index < -0.39 is 0 Å². The van der Waals surface area contributed by atoms with Gasteiger partial charge in [0.25, 0.3) is 0 Å². The molecular weight excluding hydrogens is 212 g/mol. The van der Waals surface area contributed by atoms with E-state index in [4.69, 9.17) is 11.6 Å². The van der Waals surface area contributed by atoms with Gasteiger partial charge < -0.3 is 10.2 Å². The number of fused-ring (bicyclic) bond motifs is 2. The molecule has 2 aliphatic rings. The highest BCUT2D eigenvalue weighted by Gasteiger charge is 2.38. The molecule has 2 aliphatic heterocycles. The number of nitrogens with zero attached hydrogens (tertiary/aromatic N) is 1. The lowest BCUT2D eigenvalue weighted by Crippen LogP contribution is -2.48. The number of alkyl halides is 1. The summed E-state index contributed by atoms with van der Waals surface area (Å²) in [6.07, 6.45) is 5.26. The number of halogens is 1. The van der Waals surface area contributed by atoms with Gasteiger partial charge in [-0.25, -0.2) is 0 Å². The van der Waals surface area contributed by atoms with Crippen molar-refractivity contribution < 1.29 is 4.79 Å². The predicted molar refractivity (Wildman–Crippen MR) is 61.1 cm³/mol. The van der Waals surface area contributed by atoms with Crippen LogP contribution in [0.15, 0.2) is 0 Å². The van der Waals surface area contributed by atoms with Crippen molar-refractivity contribution in [2.24, 2.45) is 0 Å². The molecule has 0 spiro atoms. The molecule has 0 saturated carbocycles. The lowest BCUT2D eigenvalue weighted by molar-refractivity contribution is -0.121. The first-order valence-corrected chi connectivity index (χ1v) is 6.31. The largest absolute Gasteiger partial charge is 0.353 e. The Balaban J connectivity index is 1.84. The molecule has 2 saturated heterocycles. The molecule has 86 valence electrons. The van der Waals surface area contributed by atoms with Crippen molar-refractivity contribution in [3.8, 4) is 0 Å². The molecule has 2 unspecified atom stereocenters. The molecule has 3 nitrogen and oxygen atoms in total. The summed E-state index contributed by atoms with van der Waals surface area (Å²) in [5.41, 5.74) is 0. The van der Waals surface area contributed by atoms with Crippen molar-refractivity contribution in [1.82, 2.24) is 10.2 Å². The van der Waals surface area contributed by atoms with Crippen molar-refractivity contribution in [2.45, 2.75) is 50.2 Å². The number of hydrogen-bond donors (Lipinski definition) is 1. The molecule has 1 N–H and O–H groups in total. The molecule has 0 aliphatic carbocycles. The molecule has 0 radical (unpaired) electrons. The lowest BCUT2D eigenvalue weighted by Gasteiger charge is -2.36. The molecular formula is C11H19ClN2O. The second-order valence-electron chi connectivity index (χ2n) is 4.73. The van der Waals surface area contributed by atoms with E-state index in [1.54, 1.807) is 0 Å². The Kier molecular flexibility index (Phi) is 3.52. The first-order chi connectivity index (χ1) is 7.20. The summed E-state index contributed by atoms with van der Waals surface area (Å²) in [4.78, 5) is 13.9. The van der Waals surface area contributed by atoms with Crippen LogP contribution in [0.3, 0.4) is 0 Å². The Morgan fingerprint density at radius 1 is 1.40 bits per heavy atom. The predicted octanol–water partition coefficient (Wildman–Crippen LogP) is 1.36. The van der Waals surface area contributed by atoms with Crippen molar-refractivity contribution in [3.63, 3.8) is 0 Å². The monoisotopic (exact) mass is 230 g/mol. The van der Waals surface area contributed by atoms with E-state index >= 15 is 0 Å². The van der Waals surface area contributed by atoms with Crippen molar-refractivity contribution in [3.05, 3.63) is 0 Å². The van der Waals surface area contributed by atoms with E-state index in [-0.39, 0.29) is 5.91 Å². The normalized spacial score (nSPS) is 35.5. The zero-order valence-corrected chi connectivity index (χ0v) is 9.96. The van der Waals surface area contributed by atoms with Gasteiger partial charge in [0.2, 0.25) is 5.91 Å². The van der Waals surface area contributed by atoms with Crippen LogP contribution in [0.4, 0.5) is 0 Å². The Labute approximate surface area is 96.2 Å². The summed E-state index contributed by atoms with van der Waals surface area (Å²) in [5.74, 6) is 0.532. The number of amides is 1. The summed E-state index contributed by atoms with van der Waals surface area (Å²) >= 11 is 5.54. The molecule has 2 rings (SSSR count). The third kappa shape index (κ3) is 2.45. The first kappa shape index (κ1) is 11.2. The van der Waals surface area contributed by atoms with Crippen LogP contribution in [0.25, 0.3) is 0 Å². The zero-order valence-electron chi connectivity index (χ0n) is 9.21. The Bertz CT molecular complexity index is 233.